The van der Waals surface area contributed by atoms with E-state index in [2.05, 4.69) is 5.32 Å². The van der Waals surface area contributed by atoms with Crippen molar-refractivity contribution in [2.45, 2.75) is 56.8 Å². The van der Waals surface area contributed by atoms with Crippen LogP contribution in [0.3, 0.4) is 0 Å². The van der Waals surface area contributed by atoms with Crippen molar-refractivity contribution in [1.29, 1.82) is 0 Å². The number of carbonyl (C=O) groups is 2. The van der Waals surface area contributed by atoms with Crippen LogP contribution >= 0.6 is 11.6 Å². The molecule has 2 amide bonds. The van der Waals surface area contributed by atoms with Crippen molar-refractivity contribution in [1.82, 2.24) is 10.2 Å². The second-order valence-electron chi connectivity index (χ2n) is 11.3. The Morgan fingerprint density at radius 3 is 2.10 bits per heavy atom. The number of rotatable bonds is 14. The minimum absolute atomic E-state index is 0.0760. The Morgan fingerprint density at radius 1 is 0.875 bits per heavy atom. The quantitative estimate of drug-likeness (QED) is 0.139. The van der Waals surface area contributed by atoms with Crippen LogP contribution in [0.25, 0.3) is 0 Å². The second-order valence-corrected chi connectivity index (χ2v) is 13.6. The van der Waals surface area contributed by atoms with Gasteiger partial charge in [0.25, 0.3) is 10.0 Å². The van der Waals surface area contributed by atoms with Gasteiger partial charge in [0, 0.05) is 19.5 Å². The topological polar surface area (TPSA) is 86.8 Å². The Labute approximate surface area is 284 Å². The molecule has 0 aliphatic carbocycles. The van der Waals surface area contributed by atoms with Gasteiger partial charge in [0.15, 0.2) is 0 Å². The molecule has 0 aliphatic rings. The van der Waals surface area contributed by atoms with E-state index < -0.39 is 51.9 Å². The van der Waals surface area contributed by atoms with Crippen molar-refractivity contribution < 1.29 is 31.2 Å². The lowest BCUT2D eigenvalue weighted by molar-refractivity contribution is -0.140. The number of hydrogen-bond donors (Lipinski definition) is 1. The SMILES string of the molecule is CCCCNC(=O)C(Cc1ccccc1)N(Cc1ccc(C)cc1)C(=O)CN(c1cc(C(F)(F)F)ccc1Cl)S(=O)(=O)c1ccccc1. The summed E-state index contributed by atoms with van der Waals surface area (Å²) in [4.78, 5) is 29.4. The molecule has 1 unspecified atom stereocenters. The number of anilines is 1. The summed E-state index contributed by atoms with van der Waals surface area (Å²) in [6.45, 7) is 3.23. The number of nitrogens with one attached hydrogen (secondary N) is 1. The summed E-state index contributed by atoms with van der Waals surface area (Å²) in [5, 5.41) is 2.59. The number of unbranched alkanes of at least 4 members (excludes halogenated alkanes) is 1. The molecule has 48 heavy (non-hydrogen) atoms. The highest BCUT2D eigenvalue weighted by Crippen LogP contribution is 2.37. The summed E-state index contributed by atoms with van der Waals surface area (Å²) in [7, 11) is -4.63. The lowest BCUT2D eigenvalue weighted by atomic mass is 10.0. The third-order valence-electron chi connectivity index (χ3n) is 7.73. The van der Waals surface area contributed by atoms with E-state index in [9.17, 15) is 31.2 Å². The molecular weight excluding hydrogens is 663 g/mol. The van der Waals surface area contributed by atoms with Crippen molar-refractivity contribution in [3.8, 4) is 0 Å². The van der Waals surface area contributed by atoms with Crippen molar-refractivity contribution in [2.75, 3.05) is 17.4 Å². The van der Waals surface area contributed by atoms with E-state index in [1.54, 1.807) is 30.3 Å². The summed E-state index contributed by atoms with van der Waals surface area (Å²) >= 11 is 6.37. The van der Waals surface area contributed by atoms with Gasteiger partial charge in [-0.25, -0.2) is 8.42 Å². The molecule has 0 spiro atoms. The Morgan fingerprint density at radius 2 is 1.50 bits per heavy atom. The molecule has 0 fully saturated rings. The summed E-state index contributed by atoms with van der Waals surface area (Å²) in [5.74, 6) is -1.25. The fourth-order valence-electron chi connectivity index (χ4n) is 5.06. The van der Waals surface area contributed by atoms with Gasteiger partial charge in [-0.15, -0.1) is 0 Å². The molecular formula is C36H37ClF3N3O4S. The van der Waals surface area contributed by atoms with Gasteiger partial charge in [0.1, 0.15) is 12.6 Å². The number of halogens is 4. The molecule has 0 saturated heterocycles. The number of hydrogen-bond acceptors (Lipinski definition) is 4. The van der Waals surface area contributed by atoms with Crippen molar-refractivity contribution in [3.63, 3.8) is 0 Å². The number of benzene rings is 4. The predicted octanol–water partition coefficient (Wildman–Crippen LogP) is 7.42. The molecule has 0 saturated carbocycles. The third-order valence-corrected chi connectivity index (χ3v) is 9.82. The first-order chi connectivity index (χ1) is 22.8. The maximum atomic E-state index is 14.5. The lowest BCUT2D eigenvalue weighted by Gasteiger charge is -2.34. The van der Waals surface area contributed by atoms with Crippen LogP contribution in [0.2, 0.25) is 5.02 Å². The molecule has 254 valence electrons. The van der Waals surface area contributed by atoms with Crippen LogP contribution < -0.4 is 9.62 Å². The van der Waals surface area contributed by atoms with Crippen LogP contribution in [-0.2, 0) is 38.8 Å². The zero-order chi connectivity index (χ0) is 34.9. The Balaban J connectivity index is 1.85. The Kier molecular flexibility index (Phi) is 12.3. The van der Waals surface area contributed by atoms with E-state index in [0.29, 0.717) is 28.9 Å². The van der Waals surface area contributed by atoms with Gasteiger partial charge in [-0.1, -0.05) is 103 Å². The second kappa shape index (κ2) is 16.2. The van der Waals surface area contributed by atoms with E-state index in [0.717, 1.165) is 29.7 Å². The maximum Gasteiger partial charge on any atom is 0.416 e. The van der Waals surface area contributed by atoms with Crippen LogP contribution in [-0.4, -0.2) is 44.3 Å². The molecule has 0 aromatic heterocycles. The highest BCUT2D eigenvalue weighted by molar-refractivity contribution is 7.92. The molecule has 12 heteroatoms. The average Bonchev–Trinajstić information content (AvgIpc) is 3.06. The first-order valence-corrected chi connectivity index (χ1v) is 17.2. The van der Waals surface area contributed by atoms with E-state index >= 15 is 0 Å². The molecule has 0 aliphatic heterocycles. The number of carbonyl (C=O) groups excluding carboxylic acids is 2. The largest absolute Gasteiger partial charge is 0.416 e. The molecule has 1 N–H and O–H groups in total. The highest BCUT2D eigenvalue weighted by Gasteiger charge is 2.37. The van der Waals surface area contributed by atoms with Crippen LogP contribution in [0.1, 0.15) is 42.0 Å². The number of alkyl halides is 3. The fourth-order valence-corrected chi connectivity index (χ4v) is 6.78. The van der Waals surface area contributed by atoms with Gasteiger partial charge in [-0.05, 0) is 54.8 Å². The third kappa shape index (κ3) is 9.38. The molecule has 0 heterocycles. The first kappa shape index (κ1) is 36.5. The maximum absolute atomic E-state index is 14.5. The van der Waals surface area contributed by atoms with Gasteiger partial charge < -0.3 is 10.2 Å². The van der Waals surface area contributed by atoms with Gasteiger partial charge >= 0.3 is 6.18 Å². The normalized spacial score (nSPS) is 12.3. The Bertz CT molecular complexity index is 1790. The van der Waals surface area contributed by atoms with Crippen LogP contribution in [0.4, 0.5) is 18.9 Å². The molecule has 4 aromatic rings. The molecule has 0 radical (unpaired) electrons. The zero-order valence-corrected chi connectivity index (χ0v) is 28.2. The Hall–Kier alpha value is -4.35. The average molecular weight is 700 g/mol. The molecule has 4 aromatic carbocycles. The van der Waals surface area contributed by atoms with Gasteiger partial charge in [0.2, 0.25) is 11.8 Å². The van der Waals surface area contributed by atoms with Crippen molar-refractivity contribution in [2.24, 2.45) is 0 Å². The van der Waals surface area contributed by atoms with E-state index in [1.165, 1.54) is 29.2 Å². The minimum Gasteiger partial charge on any atom is -0.354 e. The van der Waals surface area contributed by atoms with Crippen molar-refractivity contribution >= 4 is 39.1 Å². The molecule has 1 atom stereocenters. The van der Waals surface area contributed by atoms with Crippen molar-refractivity contribution in [3.05, 3.63) is 130 Å². The van der Waals surface area contributed by atoms with E-state index in [-0.39, 0.29) is 22.9 Å². The standard InChI is InChI=1S/C36H37ClF3N3O4S/c1-3-4-21-41-35(45)33(22-27-11-7-5-8-12-27)42(24-28-17-15-26(2)16-18-28)34(44)25-43(48(46,47)30-13-9-6-10-14-30)32-23-29(36(38,39)40)19-20-31(32)37/h5-20,23,33H,3-4,21-22,24-25H2,1-2H3,(H,41,45). The number of aryl methyl sites for hydroxylation is 1. The van der Waals surface area contributed by atoms with Gasteiger partial charge in [-0.2, -0.15) is 13.2 Å². The minimum atomic E-state index is -4.82. The smallest absolute Gasteiger partial charge is 0.354 e. The fraction of sp³-hybridized carbons (Fsp3) is 0.278. The summed E-state index contributed by atoms with van der Waals surface area (Å²) in [6, 6.07) is 24.6. The summed E-state index contributed by atoms with van der Waals surface area (Å²) in [6.07, 6.45) is -3.20. The number of sulfonamides is 1. The summed E-state index contributed by atoms with van der Waals surface area (Å²) in [5.41, 5.74) is 0.726. The first-order valence-electron chi connectivity index (χ1n) is 15.4. The lowest BCUT2D eigenvalue weighted by Crippen LogP contribution is -2.53. The van der Waals surface area contributed by atoms with E-state index in [4.69, 9.17) is 11.6 Å². The molecule has 0 bridgehead atoms. The summed E-state index contributed by atoms with van der Waals surface area (Å²) < 4.78 is 70.3. The molecule has 4 rings (SSSR count). The van der Waals surface area contributed by atoms with Crippen LogP contribution in [0.15, 0.2) is 108 Å². The predicted molar refractivity (Wildman–Crippen MR) is 181 cm³/mol. The van der Waals surface area contributed by atoms with E-state index in [1.807, 2.05) is 44.2 Å². The monoisotopic (exact) mass is 699 g/mol. The van der Waals surface area contributed by atoms with Gasteiger partial charge in [-0.3, -0.25) is 13.9 Å². The highest BCUT2D eigenvalue weighted by atomic mass is 35.5. The van der Waals surface area contributed by atoms with Crippen LogP contribution in [0, 0.1) is 6.92 Å². The van der Waals surface area contributed by atoms with Gasteiger partial charge in [0.05, 0.1) is 21.2 Å². The number of amides is 2. The number of nitrogens with zero attached hydrogens (tertiary/aromatic N) is 2. The molecule has 7 nitrogen and oxygen atoms in total. The zero-order valence-electron chi connectivity index (χ0n) is 26.6. The van der Waals surface area contributed by atoms with Crippen LogP contribution in [0.5, 0.6) is 0 Å².